The van der Waals surface area contributed by atoms with Crippen LogP contribution in [-0.4, -0.2) is 18.5 Å². The molecule has 1 heterocycles. The van der Waals surface area contributed by atoms with Crippen molar-refractivity contribution < 1.29 is 17.9 Å². The minimum Gasteiger partial charge on any atom is -0.475 e. The molecule has 0 aromatic heterocycles. The minimum absolute atomic E-state index is 0.0281. The number of alkyl halides is 3. The summed E-state index contributed by atoms with van der Waals surface area (Å²) >= 11 is 0. The van der Waals surface area contributed by atoms with Gasteiger partial charge in [0.05, 0.1) is 17.2 Å². The smallest absolute Gasteiger partial charge is 0.416 e. The van der Waals surface area contributed by atoms with E-state index in [1.807, 2.05) is 6.92 Å². The van der Waals surface area contributed by atoms with Crippen LogP contribution in [0.1, 0.15) is 24.5 Å². The van der Waals surface area contributed by atoms with E-state index in [4.69, 9.17) is 10.5 Å². The van der Waals surface area contributed by atoms with Gasteiger partial charge in [0, 0.05) is 5.69 Å². The Balaban J connectivity index is 2.32. The second-order valence-corrected chi connectivity index (χ2v) is 4.11. The molecule has 6 heteroatoms. The Morgan fingerprint density at radius 2 is 2.17 bits per heavy atom. The second kappa shape index (κ2) is 4.51. The van der Waals surface area contributed by atoms with Crippen LogP contribution < -0.4 is 5.73 Å². The van der Waals surface area contributed by atoms with Crippen LogP contribution in [0, 0.1) is 0 Å². The van der Waals surface area contributed by atoms with Crippen LogP contribution in [0.5, 0.6) is 0 Å². The van der Waals surface area contributed by atoms with Crippen molar-refractivity contribution in [1.29, 1.82) is 0 Å². The van der Waals surface area contributed by atoms with Gasteiger partial charge in [-0.1, -0.05) is 6.92 Å². The molecule has 0 saturated heterocycles. The molecule has 0 aliphatic carbocycles. The van der Waals surface area contributed by atoms with Crippen LogP contribution in [0.25, 0.3) is 0 Å². The molecule has 2 N–H and O–H groups in total. The standard InChI is InChI=1S/C12H13F3N2O/c1-2-8-6-18-11(17-8)9-4-3-7(5-10(9)16)12(13,14)15/h3-5,8H,2,6,16H2,1H3/t8-/m1/s1. The molecule has 0 saturated carbocycles. The first-order valence-corrected chi connectivity index (χ1v) is 5.59. The van der Waals surface area contributed by atoms with Crippen molar-refractivity contribution in [3.05, 3.63) is 29.3 Å². The molecule has 0 unspecified atom stereocenters. The Morgan fingerprint density at radius 1 is 1.44 bits per heavy atom. The Labute approximate surface area is 102 Å². The van der Waals surface area contributed by atoms with E-state index >= 15 is 0 Å². The number of hydrogen-bond acceptors (Lipinski definition) is 3. The number of nitrogen functional groups attached to an aromatic ring is 1. The highest BCUT2D eigenvalue weighted by atomic mass is 19.4. The maximum absolute atomic E-state index is 12.5. The molecule has 0 amide bonds. The van der Waals surface area contributed by atoms with E-state index in [9.17, 15) is 13.2 Å². The maximum Gasteiger partial charge on any atom is 0.416 e. The van der Waals surface area contributed by atoms with Gasteiger partial charge < -0.3 is 10.5 Å². The van der Waals surface area contributed by atoms with Crippen molar-refractivity contribution in [2.24, 2.45) is 4.99 Å². The van der Waals surface area contributed by atoms with Crippen molar-refractivity contribution in [1.82, 2.24) is 0 Å². The summed E-state index contributed by atoms with van der Waals surface area (Å²) < 4.78 is 42.8. The summed E-state index contributed by atoms with van der Waals surface area (Å²) in [5, 5.41) is 0. The fourth-order valence-electron chi connectivity index (χ4n) is 1.71. The van der Waals surface area contributed by atoms with Crippen molar-refractivity contribution in [2.45, 2.75) is 25.6 Å². The molecule has 0 fully saturated rings. The molecule has 2 rings (SSSR count). The van der Waals surface area contributed by atoms with Gasteiger partial charge >= 0.3 is 6.18 Å². The number of benzene rings is 1. The Hall–Kier alpha value is -1.72. The van der Waals surface area contributed by atoms with E-state index in [0.29, 0.717) is 18.1 Å². The van der Waals surface area contributed by atoms with Gasteiger partial charge in [-0.25, -0.2) is 4.99 Å². The number of halogens is 3. The fourth-order valence-corrected chi connectivity index (χ4v) is 1.71. The van der Waals surface area contributed by atoms with Crippen molar-refractivity contribution >= 4 is 11.6 Å². The lowest BCUT2D eigenvalue weighted by Gasteiger charge is -2.10. The second-order valence-electron chi connectivity index (χ2n) is 4.11. The van der Waals surface area contributed by atoms with Gasteiger partial charge in [0.25, 0.3) is 0 Å². The Bertz CT molecular complexity index is 483. The molecule has 1 aromatic rings. The zero-order chi connectivity index (χ0) is 13.3. The highest BCUT2D eigenvalue weighted by Gasteiger charge is 2.31. The summed E-state index contributed by atoms with van der Waals surface area (Å²) in [5.74, 6) is 0.327. The molecule has 18 heavy (non-hydrogen) atoms. The molecule has 1 atom stereocenters. The zero-order valence-electron chi connectivity index (χ0n) is 9.79. The number of rotatable bonds is 2. The van der Waals surface area contributed by atoms with Gasteiger partial charge in [0.2, 0.25) is 5.90 Å². The first-order valence-electron chi connectivity index (χ1n) is 5.59. The topological polar surface area (TPSA) is 47.6 Å². The predicted molar refractivity (Wildman–Crippen MR) is 62.4 cm³/mol. The van der Waals surface area contributed by atoms with E-state index in [1.54, 1.807) is 0 Å². The van der Waals surface area contributed by atoms with E-state index in [0.717, 1.165) is 18.6 Å². The van der Waals surface area contributed by atoms with E-state index < -0.39 is 11.7 Å². The number of nitrogens with zero attached hydrogens (tertiary/aromatic N) is 1. The number of hydrogen-bond donors (Lipinski definition) is 1. The van der Waals surface area contributed by atoms with Crippen LogP contribution in [0.3, 0.4) is 0 Å². The molecular formula is C12H13F3N2O. The van der Waals surface area contributed by atoms with Gasteiger partial charge in [-0.05, 0) is 24.6 Å². The largest absolute Gasteiger partial charge is 0.475 e. The van der Waals surface area contributed by atoms with Crippen molar-refractivity contribution in [3.63, 3.8) is 0 Å². The van der Waals surface area contributed by atoms with Crippen LogP contribution in [-0.2, 0) is 10.9 Å². The van der Waals surface area contributed by atoms with Crippen LogP contribution >= 0.6 is 0 Å². The Kier molecular flexibility index (Phi) is 3.19. The third-order valence-corrected chi connectivity index (χ3v) is 2.79. The van der Waals surface area contributed by atoms with E-state index in [-0.39, 0.29) is 11.7 Å². The lowest BCUT2D eigenvalue weighted by molar-refractivity contribution is -0.137. The van der Waals surface area contributed by atoms with E-state index in [2.05, 4.69) is 4.99 Å². The summed E-state index contributed by atoms with van der Waals surface area (Å²) in [6.45, 7) is 2.42. The van der Waals surface area contributed by atoms with Crippen molar-refractivity contribution in [3.8, 4) is 0 Å². The summed E-state index contributed by atoms with van der Waals surface area (Å²) in [4.78, 5) is 4.26. The number of anilines is 1. The molecule has 3 nitrogen and oxygen atoms in total. The summed E-state index contributed by atoms with van der Waals surface area (Å²) in [6.07, 6.45) is -3.57. The highest BCUT2D eigenvalue weighted by Crippen LogP contribution is 2.32. The van der Waals surface area contributed by atoms with Gasteiger partial charge in [-0.15, -0.1) is 0 Å². The lowest BCUT2D eigenvalue weighted by atomic mass is 10.1. The maximum atomic E-state index is 12.5. The monoisotopic (exact) mass is 258 g/mol. The van der Waals surface area contributed by atoms with Crippen LogP contribution in [0.4, 0.5) is 18.9 Å². The van der Waals surface area contributed by atoms with Crippen LogP contribution in [0.15, 0.2) is 23.2 Å². The average molecular weight is 258 g/mol. The third-order valence-electron chi connectivity index (χ3n) is 2.79. The minimum atomic E-state index is -4.39. The van der Waals surface area contributed by atoms with Gasteiger partial charge in [-0.3, -0.25) is 0 Å². The predicted octanol–water partition coefficient (Wildman–Crippen LogP) is 2.84. The van der Waals surface area contributed by atoms with Gasteiger partial charge in [0.1, 0.15) is 6.61 Å². The van der Waals surface area contributed by atoms with Crippen molar-refractivity contribution in [2.75, 3.05) is 12.3 Å². The molecule has 98 valence electrons. The summed E-state index contributed by atoms with van der Waals surface area (Å²) in [5.41, 5.74) is 5.30. The molecular weight excluding hydrogens is 245 g/mol. The number of aliphatic imine (C=N–C) groups is 1. The van der Waals surface area contributed by atoms with Gasteiger partial charge in [0.15, 0.2) is 0 Å². The summed E-state index contributed by atoms with van der Waals surface area (Å²) in [7, 11) is 0. The lowest BCUT2D eigenvalue weighted by Crippen LogP contribution is -2.10. The molecule has 1 aliphatic heterocycles. The molecule has 1 aliphatic rings. The number of nitrogens with two attached hydrogens (primary N) is 1. The van der Waals surface area contributed by atoms with Gasteiger partial charge in [-0.2, -0.15) is 13.2 Å². The molecule has 1 aromatic carbocycles. The SMILES string of the molecule is CC[C@@H]1COC(c2ccc(C(F)(F)F)cc2N)=N1. The molecule has 0 bridgehead atoms. The fraction of sp³-hybridized carbons (Fsp3) is 0.417. The third kappa shape index (κ3) is 2.42. The first-order chi connectivity index (χ1) is 8.41. The Morgan fingerprint density at radius 3 is 2.67 bits per heavy atom. The van der Waals surface area contributed by atoms with E-state index in [1.165, 1.54) is 6.07 Å². The normalized spacial score (nSPS) is 19.6. The zero-order valence-corrected chi connectivity index (χ0v) is 9.79. The molecule has 0 spiro atoms. The highest BCUT2D eigenvalue weighted by molar-refractivity contribution is 6.00. The molecule has 0 radical (unpaired) electrons. The quantitative estimate of drug-likeness (QED) is 0.829. The number of ether oxygens (including phenoxy) is 1. The summed E-state index contributed by atoms with van der Waals surface area (Å²) in [6, 6.07) is 3.24. The average Bonchev–Trinajstić information content (AvgIpc) is 2.76. The first kappa shape index (κ1) is 12.7. The van der Waals surface area contributed by atoms with Crippen LogP contribution in [0.2, 0.25) is 0 Å².